The van der Waals surface area contributed by atoms with Gasteiger partial charge < -0.3 is 10.6 Å². The van der Waals surface area contributed by atoms with Gasteiger partial charge in [0.05, 0.1) is 17.1 Å². The van der Waals surface area contributed by atoms with Crippen LogP contribution < -0.4 is 15.8 Å². The molecule has 0 fully saturated rings. The van der Waals surface area contributed by atoms with Crippen molar-refractivity contribution in [3.05, 3.63) is 71.7 Å². The zero-order valence-corrected chi connectivity index (χ0v) is 16.3. The third-order valence-corrected chi connectivity index (χ3v) is 4.91. The Hall–Kier alpha value is -3.04. The number of primary sulfonamides is 1. The van der Waals surface area contributed by atoms with Gasteiger partial charge >= 0.3 is 0 Å². The quantitative estimate of drug-likeness (QED) is 0.531. The third kappa shape index (κ3) is 5.73. The van der Waals surface area contributed by atoms with E-state index in [4.69, 9.17) is 5.14 Å². The fourth-order valence-corrected chi connectivity index (χ4v) is 3.11. The van der Waals surface area contributed by atoms with Gasteiger partial charge in [-0.05, 0) is 43.2 Å². The molecule has 0 saturated heterocycles. The van der Waals surface area contributed by atoms with Gasteiger partial charge in [0.2, 0.25) is 16.0 Å². The first-order valence-corrected chi connectivity index (χ1v) is 10.3. The van der Waals surface area contributed by atoms with Crippen LogP contribution in [-0.2, 0) is 23.0 Å². The molecule has 0 aliphatic carbocycles. The highest BCUT2D eigenvalue weighted by Gasteiger charge is 2.07. The van der Waals surface area contributed by atoms with E-state index in [0.717, 1.165) is 22.8 Å². The smallest absolute Gasteiger partial charge is 0.238 e. The molecule has 0 bridgehead atoms. The van der Waals surface area contributed by atoms with E-state index < -0.39 is 10.0 Å². The summed E-state index contributed by atoms with van der Waals surface area (Å²) in [7, 11) is -3.66. The molecule has 0 aliphatic heterocycles. The van der Waals surface area contributed by atoms with Crippen molar-refractivity contribution in [2.75, 3.05) is 17.2 Å². The fourth-order valence-electron chi connectivity index (χ4n) is 2.59. The summed E-state index contributed by atoms with van der Waals surface area (Å²) >= 11 is 0. The highest BCUT2D eigenvalue weighted by Crippen LogP contribution is 2.12. The Labute approximate surface area is 164 Å². The first kappa shape index (κ1) is 19.7. The zero-order chi connectivity index (χ0) is 20.0. The first-order chi connectivity index (χ1) is 13.4. The Morgan fingerprint density at radius 1 is 1.04 bits per heavy atom. The van der Waals surface area contributed by atoms with Crippen LogP contribution in [0.1, 0.15) is 17.0 Å². The molecule has 3 rings (SSSR count). The molecule has 0 saturated carbocycles. The minimum Gasteiger partial charge on any atom is -0.370 e. The second kappa shape index (κ2) is 8.77. The summed E-state index contributed by atoms with van der Waals surface area (Å²) in [6.45, 7) is 3.09. The van der Waals surface area contributed by atoms with Crippen LogP contribution in [0.3, 0.4) is 0 Å². The Kier molecular flexibility index (Phi) is 6.17. The van der Waals surface area contributed by atoms with Crippen LogP contribution in [0.15, 0.2) is 59.6 Å². The third-order valence-electron chi connectivity index (χ3n) is 3.98. The molecule has 4 N–H and O–H groups in total. The number of nitrogens with zero attached hydrogens (tertiary/aromatic N) is 3. The summed E-state index contributed by atoms with van der Waals surface area (Å²) in [5.41, 5.74) is 2.75. The number of aromatic nitrogens is 3. The number of nitrogens with one attached hydrogen (secondary N) is 2. The van der Waals surface area contributed by atoms with Crippen LogP contribution in [0, 0.1) is 6.92 Å². The second-order valence-electron chi connectivity index (χ2n) is 6.26. The van der Waals surface area contributed by atoms with Crippen LogP contribution in [0.4, 0.5) is 11.8 Å². The second-order valence-corrected chi connectivity index (χ2v) is 7.82. The van der Waals surface area contributed by atoms with Gasteiger partial charge in [-0.1, -0.05) is 18.2 Å². The van der Waals surface area contributed by atoms with Crippen molar-refractivity contribution in [1.29, 1.82) is 0 Å². The number of hydrogen-bond donors (Lipinski definition) is 3. The van der Waals surface area contributed by atoms with Gasteiger partial charge in [-0.2, -0.15) is 4.98 Å². The van der Waals surface area contributed by atoms with Gasteiger partial charge in [-0.15, -0.1) is 0 Å². The SMILES string of the molecule is Cc1cc(NCCc2ccc(S(N)(=O)=O)cc2)nc(NCc2ccccn2)n1. The van der Waals surface area contributed by atoms with Crippen molar-refractivity contribution in [3.8, 4) is 0 Å². The summed E-state index contributed by atoms with van der Waals surface area (Å²) in [5.74, 6) is 1.25. The summed E-state index contributed by atoms with van der Waals surface area (Å²) < 4.78 is 22.6. The van der Waals surface area contributed by atoms with Gasteiger partial charge in [-0.25, -0.2) is 18.5 Å². The number of aryl methyl sites for hydroxylation is 1. The monoisotopic (exact) mass is 398 g/mol. The van der Waals surface area contributed by atoms with Gasteiger partial charge in [0.15, 0.2) is 0 Å². The Bertz CT molecular complexity index is 1020. The van der Waals surface area contributed by atoms with Crippen LogP contribution in [0.25, 0.3) is 0 Å². The van der Waals surface area contributed by atoms with E-state index in [9.17, 15) is 8.42 Å². The standard InChI is InChI=1S/C19H22N6O2S/c1-14-12-18(25-19(24-14)23-13-16-4-2-3-10-21-16)22-11-9-15-5-7-17(8-6-15)28(20,26)27/h2-8,10,12H,9,11,13H2,1H3,(H2,20,26,27)(H2,22,23,24,25). The van der Waals surface area contributed by atoms with E-state index in [0.29, 0.717) is 25.5 Å². The lowest BCUT2D eigenvalue weighted by atomic mass is 10.1. The topological polar surface area (TPSA) is 123 Å². The molecular formula is C19H22N6O2S. The molecule has 8 nitrogen and oxygen atoms in total. The molecule has 2 aromatic heterocycles. The van der Waals surface area contributed by atoms with E-state index in [1.807, 2.05) is 31.2 Å². The Morgan fingerprint density at radius 2 is 1.82 bits per heavy atom. The highest BCUT2D eigenvalue weighted by molar-refractivity contribution is 7.89. The van der Waals surface area contributed by atoms with E-state index in [1.54, 1.807) is 18.3 Å². The molecule has 9 heteroatoms. The largest absolute Gasteiger partial charge is 0.370 e. The number of pyridine rings is 1. The molecular weight excluding hydrogens is 376 g/mol. The van der Waals surface area contributed by atoms with Crippen LogP contribution in [0.5, 0.6) is 0 Å². The maximum Gasteiger partial charge on any atom is 0.238 e. The summed E-state index contributed by atoms with van der Waals surface area (Å²) in [4.78, 5) is 13.2. The average Bonchev–Trinajstić information content (AvgIpc) is 2.67. The molecule has 0 radical (unpaired) electrons. The lowest BCUT2D eigenvalue weighted by Gasteiger charge is -2.10. The van der Waals surface area contributed by atoms with Crippen LogP contribution >= 0.6 is 0 Å². The molecule has 28 heavy (non-hydrogen) atoms. The lowest BCUT2D eigenvalue weighted by Crippen LogP contribution is -2.12. The van der Waals surface area contributed by atoms with Gasteiger partial charge in [0, 0.05) is 24.5 Å². The fraction of sp³-hybridized carbons (Fsp3) is 0.211. The Balaban J connectivity index is 1.56. The van der Waals surface area contributed by atoms with Crippen molar-refractivity contribution < 1.29 is 8.42 Å². The van der Waals surface area contributed by atoms with Crippen molar-refractivity contribution in [1.82, 2.24) is 15.0 Å². The van der Waals surface area contributed by atoms with Crippen molar-refractivity contribution in [2.45, 2.75) is 24.8 Å². The Morgan fingerprint density at radius 3 is 2.50 bits per heavy atom. The predicted octanol–water partition coefficient (Wildman–Crippen LogP) is 2.09. The number of nitrogens with two attached hydrogens (primary N) is 1. The average molecular weight is 398 g/mol. The highest BCUT2D eigenvalue weighted by atomic mass is 32.2. The molecule has 2 heterocycles. The van der Waals surface area contributed by atoms with Crippen molar-refractivity contribution in [3.63, 3.8) is 0 Å². The molecule has 0 atom stereocenters. The van der Waals surface area contributed by atoms with Gasteiger partial charge in [0.1, 0.15) is 5.82 Å². The van der Waals surface area contributed by atoms with E-state index in [2.05, 4.69) is 25.6 Å². The number of hydrogen-bond acceptors (Lipinski definition) is 7. The van der Waals surface area contributed by atoms with Crippen molar-refractivity contribution >= 4 is 21.8 Å². The zero-order valence-electron chi connectivity index (χ0n) is 15.5. The van der Waals surface area contributed by atoms with E-state index in [-0.39, 0.29) is 4.90 Å². The predicted molar refractivity (Wildman–Crippen MR) is 108 cm³/mol. The number of benzene rings is 1. The van der Waals surface area contributed by atoms with E-state index >= 15 is 0 Å². The maximum atomic E-state index is 11.3. The first-order valence-electron chi connectivity index (χ1n) is 8.75. The molecule has 0 unspecified atom stereocenters. The van der Waals surface area contributed by atoms with Gasteiger partial charge in [-0.3, -0.25) is 4.98 Å². The number of rotatable bonds is 8. The lowest BCUT2D eigenvalue weighted by molar-refractivity contribution is 0.598. The molecule has 0 aliphatic rings. The normalized spacial score (nSPS) is 11.2. The summed E-state index contributed by atoms with van der Waals surface area (Å²) in [6, 6.07) is 14.2. The number of sulfonamides is 1. The number of anilines is 2. The molecule has 3 aromatic rings. The molecule has 1 aromatic carbocycles. The molecule has 0 spiro atoms. The summed E-state index contributed by atoms with van der Waals surface area (Å²) in [6.07, 6.45) is 2.46. The van der Waals surface area contributed by atoms with E-state index in [1.165, 1.54) is 12.1 Å². The molecule has 0 amide bonds. The van der Waals surface area contributed by atoms with Crippen LogP contribution in [-0.4, -0.2) is 29.9 Å². The van der Waals surface area contributed by atoms with Crippen LogP contribution in [0.2, 0.25) is 0 Å². The summed E-state index contributed by atoms with van der Waals surface area (Å²) in [5, 5.41) is 11.6. The maximum absolute atomic E-state index is 11.3. The minimum atomic E-state index is -3.66. The minimum absolute atomic E-state index is 0.110. The van der Waals surface area contributed by atoms with Gasteiger partial charge in [0.25, 0.3) is 0 Å². The van der Waals surface area contributed by atoms with Crippen molar-refractivity contribution in [2.24, 2.45) is 5.14 Å². The molecule has 146 valence electrons.